The molecule has 0 saturated heterocycles. The maximum Gasteiger partial charge on any atom is 0.337 e. The van der Waals surface area contributed by atoms with Crippen molar-refractivity contribution in [2.75, 3.05) is 12.4 Å². The van der Waals surface area contributed by atoms with E-state index in [1.54, 1.807) is 18.2 Å². The Morgan fingerprint density at radius 3 is 2.54 bits per heavy atom. The van der Waals surface area contributed by atoms with Crippen LogP contribution in [0.25, 0.3) is 5.69 Å². The Labute approximate surface area is 149 Å². The van der Waals surface area contributed by atoms with E-state index in [9.17, 15) is 14.9 Å². The van der Waals surface area contributed by atoms with Gasteiger partial charge >= 0.3 is 5.97 Å². The van der Waals surface area contributed by atoms with E-state index < -0.39 is 11.9 Å². The molecule has 128 valence electrons. The summed E-state index contributed by atoms with van der Waals surface area (Å²) < 4.78 is 6.14. The number of hydrogen-bond acceptors (Lipinski definition) is 5. The van der Waals surface area contributed by atoms with E-state index in [1.165, 1.54) is 24.1 Å². The van der Waals surface area contributed by atoms with Gasteiger partial charge in [0.2, 0.25) is 0 Å². The zero-order valence-corrected chi connectivity index (χ0v) is 13.8. The molecule has 0 unspecified atom stereocenters. The van der Waals surface area contributed by atoms with Crippen LogP contribution in [0.15, 0.2) is 60.8 Å². The highest BCUT2D eigenvalue weighted by Crippen LogP contribution is 2.20. The fourth-order valence-corrected chi connectivity index (χ4v) is 2.40. The summed E-state index contributed by atoms with van der Waals surface area (Å²) in [5, 5.41) is 16.2. The zero-order chi connectivity index (χ0) is 18.5. The van der Waals surface area contributed by atoms with Crippen LogP contribution in [0.3, 0.4) is 0 Å². The van der Waals surface area contributed by atoms with E-state index >= 15 is 0 Å². The number of anilines is 1. The second kappa shape index (κ2) is 7.32. The highest BCUT2D eigenvalue weighted by Gasteiger charge is 2.17. The fourth-order valence-electron chi connectivity index (χ4n) is 2.40. The van der Waals surface area contributed by atoms with Crippen molar-refractivity contribution in [1.29, 1.82) is 5.26 Å². The number of carbonyl (C=O) groups is 2. The number of methoxy groups -OCH3 is 1. The molecular weight excluding hydrogens is 332 g/mol. The van der Waals surface area contributed by atoms with E-state index in [0.29, 0.717) is 5.69 Å². The Kier molecular flexibility index (Phi) is 4.76. The quantitative estimate of drug-likeness (QED) is 0.733. The highest BCUT2D eigenvalue weighted by atomic mass is 16.5. The molecule has 1 heterocycles. The third-order valence-electron chi connectivity index (χ3n) is 3.67. The first kappa shape index (κ1) is 16.9. The zero-order valence-electron chi connectivity index (χ0n) is 13.8. The summed E-state index contributed by atoms with van der Waals surface area (Å²) in [6.07, 6.45) is 1.38. The molecule has 0 atom stereocenters. The second-order valence-electron chi connectivity index (χ2n) is 5.29. The van der Waals surface area contributed by atoms with Crippen LogP contribution in [0.2, 0.25) is 0 Å². The largest absolute Gasteiger partial charge is 0.465 e. The Morgan fingerprint density at radius 1 is 1.12 bits per heavy atom. The van der Waals surface area contributed by atoms with Crippen molar-refractivity contribution in [2.24, 2.45) is 0 Å². The van der Waals surface area contributed by atoms with E-state index in [1.807, 2.05) is 36.4 Å². The van der Waals surface area contributed by atoms with Gasteiger partial charge in [0, 0.05) is 5.56 Å². The average molecular weight is 346 g/mol. The van der Waals surface area contributed by atoms with Crippen molar-refractivity contribution in [3.05, 3.63) is 77.5 Å². The van der Waals surface area contributed by atoms with Crippen LogP contribution in [0.4, 0.5) is 5.82 Å². The number of hydrogen-bond donors (Lipinski definition) is 1. The molecule has 0 aliphatic heterocycles. The third kappa shape index (κ3) is 3.30. The molecule has 1 amide bonds. The highest BCUT2D eigenvalue weighted by molar-refractivity contribution is 6.05. The summed E-state index contributed by atoms with van der Waals surface area (Å²) in [5.74, 6) is -0.746. The van der Waals surface area contributed by atoms with Gasteiger partial charge in [-0.1, -0.05) is 24.3 Å². The monoisotopic (exact) mass is 346 g/mol. The molecule has 0 saturated carbocycles. The number of para-hydroxylation sites is 1. The van der Waals surface area contributed by atoms with Gasteiger partial charge in [-0.25, -0.2) is 9.48 Å². The van der Waals surface area contributed by atoms with Crippen molar-refractivity contribution in [3.63, 3.8) is 0 Å². The maximum atomic E-state index is 12.6. The number of nitriles is 1. The van der Waals surface area contributed by atoms with Crippen LogP contribution in [0.5, 0.6) is 0 Å². The molecule has 0 fully saturated rings. The normalized spacial score (nSPS) is 10.0. The number of carbonyl (C=O) groups excluding carboxylic acids is 2. The lowest BCUT2D eigenvalue weighted by Crippen LogP contribution is -2.16. The smallest absolute Gasteiger partial charge is 0.337 e. The molecule has 7 nitrogen and oxygen atoms in total. The van der Waals surface area contributed by atoms with Crippen LogP contribution in [-0.2, 0) is 4.74 Å². The van der Waals surface area contributed by atoms with Crippen molar-refractivity contribution in [2.45, 2.75) is 0 Å². The SMILES string of the molecule is COC(=O)c1cccc(C(=O)Nc2c(C#N)cnn2-c2ccccc2)c1. The summed E-state index contributed by atoms with van der Waals surface area (Å²) in [4.78, 5) is 24.2. The summed E-state index contributed by atoms with van der Waals surface area (Å²) in [6, 6.07) is 17.3. The lowest BCUT2D eigenvalue weighted by molar-refractivity contribution is 0.0600. The molecule has 0 aliphatic carbocycles. The van der Waals surface area contributed by atoms with Crippen molar-refractivity contribution < 1.29 is 14.3 Å². The van der Waals surface area contributed by atoms with Gasteiger partial charge in [-0.05, 0) is 30.3 Å². The van der Waals surface area contributed by atoms with Crippen molar-refractivity contribution in [1.82, 2.24) is 9.78 Å². The van der Waals surface area contributed by atoms with E-state index in [-0.39, 0.29) is 22.5 Å². The molecule has 3 aromatic rings. The maximum absolute atomic E-state index is 12.6. The summed E-state index contributed by atoms with van der Waals surface area (Å²) >= 11 is 0. The second-order valence-corrected chi connectivity index (χ2v) is 5.29. The first-order chi connectivity index (χ1) is 12.6. The molecule has 7 heteroatoms. The standard InChI is InChI=1S/C19H14N4O3/c1-26-19(25)14-7-5-6-13(10-14)18(24)22-17-15(11-20)12-21-23(17)16-8-3-2-4-9-16/h2-10,12H,1H3,(H,22,24). The van der Waals surface area contributed by atoms with Gasteiger partial charge in [-0.15, -0.1) is 0 Å². The molecule has 3 rings (SSSR count). The molecule has 0 bridgehead atoms. The van der Waals surface area contributed by atoms with Crippen LogP contribution >= 0.6 is 0 Å². The molecule has 0 aliphatic rings. The number of amides is 1. The van der Waals surface area contributed by atoms with Crippen LogP contribution < -0.4 is 5.32 Å². The molecule has 2 aromatic carbocycles. The number of esters is 1. The summed E-state index contributed by atoms with van der Waals surface area (Å²) in [6.45, 7) is 0. The van der Waals surface area contributed by atoms with Crippen molar-refractivity contribution in [3.8, 4) is 11.8 Å². The first-order valence-corrected chi connectivity index (χ1v) is 7.67. The lowest BCUT2D eigenvalue weighted by atomic mass is 10.1. The van der Waals surface area contributed by atoms with Gasteiger partial charge in [0.1, 0.15) is 11.6 Å². The van der Waals surface area contributed by atoms with Crippen molar-refractivity contribution >= 4 is 17.7 Å². The average Bonchev–Trinajstić information content (AvgIpc) is 3.10. The number of rotatable bonds is 4. The Balaban J connectivity index is 1.94. The minimum absolute atomic E-state index is 0.228. The van der Waals surface area contributed by atoms with Gasteiger partial charge in [-0.3, -0.25) is 4.79 Å². The Hall–Kier alpha value is -3.92. The number of benzene rings is 2. The molecule has 1 N–H and O–H groups in total. The summed E-state index contributed by atoms with van der Waals surface area (Å²) in [5.41, 5.74) is 1.45. The van der Waals surface area contributed by atoms with Gasteiger partial charge in [0.15, 0.2) is 5.82 Å². The van der Waals surface area contributed by atoms with Crippen LogP contribution in [0.1, 0.15) is 26.3 Å². The summed E-state index contributed by atoms with van der Waals surface area (Å²) in [7, 11) is 1.27. The Bertz CT molecular complexity index is 1000. The van der Waals surface area contributed by atoms with E-state index in [4.69, 9.17) is 0 Å². The minimum Gasteiger partial charge on any atom is -0.465 e. The molecule has 26 heavy (non-hydrogen) atoms. The van der Waals surface area contributed by atoms with E-state index in [2.05, 4.69) is 15.2 Å². The van der Waals surface area contributed by atoms with Crippen LogP contribution in [0, 0.1) is 11.3 Å². The lowest BCUT2D eigenvalue weighted by Gasteiger charge is -2.10. The van der Waals surface area contributed by atoms with Crippen LogP contribution in [-0.4, -0.2) is 28.8 Å². The topological polar surface area (TPSA) is 97.0 Å². The van der Waals surface area contributed by atoms with Gasteiger partial charge in [0.05, 0.1) is 24.6 Å². The van der Waals surface area contributed by atoms with Gasteiger partial charge < -0.3 is 10.1 Å². The molecule has 1 aromatic heterocycles. The predicted molar refractivity (Wildman–Crippen MR) is 94.0 cm³/mol. The molecular formula is C19H14N4O3. The predicted octanol–water partition coefficient (Wildman–Crippen LogP) is 2.78. The number of ether oxygens (including phenoxy) is 1. The van der Waals surface area contributed by atoms with Gasteiger partial charge in [-0.2, -0.15) is 10.4 Å². The number of nitrogens with one attached hydrogen (secondary N) is 1. The minimum atomic E-state index is -0.535. The Morgan fingerprint density at radius 2 is 1.85 bits per heavy atom. The van der Waals surface area contributed by atoms with E-state index in [0.717, 1.165) is 0 Å². The molecule has 0 spiro atoms. The van der Waals surface area contributed by atoms with Gasteiger partial charge in [0.25, 0.3) is 5.91 Å². The fraction of sp³-hybridized carbons (Fsp3) is 0.0526. The first-order valence-electron chi connectivity index (χ1n) is 7.67. The third-order valence-corrected chi connectivity index (χ3v) is 3.67. The molecule has 0 radical (unpaired) electrons. The number of nitrogens with zero attached hydrogens (tertiary/aromatic N) is 3. The number of aromatic nitrogens is 2.